The molecular formula is C13H14O4. The average Bonchev–Trinajstić information content (AvgIpc) is 2.39. The smallest absolute Gasteiger partial charge is 0.337 e. The van der Waals surface area contributed by atoms with E-state index in [1.54, 1.807) is 12.1 Å². The highest BCUT2D eigenvalue weighted by atomic mass is 16.5. The summed E-state index contributed by atoms with van der Waals surface area (Å²) in [7, 11) is 1.34. The molecule has 0 spiro atoms. The monoisotopic (exact) mass is 234 g/mol. The van der Waals surface area contributed by atoms with E-state index in [2.05, 4.69) is 4.74 Å². The first-order chi connectivity index (χ1) is 8.22. The maximum atomic E-state index is 11.4. The number of phenolic OH excluding ortho intramolecular Hbond substituents is 1. The summed E-state index contributed by atoms with van der Waals surface area (Å²) in [5.74, 6) is -0.232. The molecule has 4 heteroatoms. The van der Waals surface area contributed by atoms with E-state index in [4.69, 9.17) is 4.74 Å². The topological polar surface area (TPSA) is 55.8 Å². The van der Waals surface area contributed by atoms with Gasteiger partial charge in [0.05, 0.1) is 25.9 Å². The van der Waals surface area contributed by atoms with Crippen LogP contribution in [0.15, 0.2) is 24.3 Å². The van der Waals surface area contributed by atoms with Gasteiger partial charge in [0.2, 0.25) is 0 Å². The molecule has 0 radical (unpaired) electrons. The Balaban J connectivity index is 2.38. The number of carbonyl (C=O) groups excluding carboxylic acids is 1. The van der Waals surface area contributed by atoms with Gasteiger partial charge in [0.1, 0.15) is 5.75 Å². The summed E-state index contributed by atoms with van der Waals surface area (Å²) in [5, 5.41) is 9.81. The molecule has 1 aromatic carbocycles. The fraction of sp³-hybridized carbons (Fsp3) is 0.308. The van der Waals surface area contributed by atoms with Crippen molar-refractivity contribution in [2.24, 2.45) is 0 Å². The van der Waals surface area contributed by atoms with Gasteiger partial charge in [0.25, 0.3) is 0 Å². The van der Waals surface area contributed by atoms with Crippen molar-refractivity contribution in [3.63, 3.8) is 0 Å². The first-order valence-electron chi connectivity index (χ1n) is 5.41. The molecule has 0 bridgehead atoms. The second kappa shape index (κ2) is 5.01. The zero-order valence-corrected chi connectivity index (χ0v) is 9.60. The zero-order chi connectivity index (χ0) is 12.3. The SMILES string of the molecule is COC(=O)c1ccc(O)c(C2=CCOCC2)c1. The van der Waals surface area contributed by atoms with Crippen LogP contribution in [-0.2, 0) is 9.47 Å². The van der Waals surface area contributed by atoms with E-state index in [1.165, 1.54) is 13.2 Å². The van der Waals surface area contributed by atoms with Gasteiger partial charge in [0, 0.05) is 5.56 Å². The normalized spacial score (nSPS) is 15.2. The van der Waals surface area contributed by atoms with Crippen molar-refractivity contribution >= 4 is 11.5 Å². The number of aromatic hydroxyl groups is 1. The minimum absolute atomic E-state index is 0.172. The van der Waals surface area contributed by atoms with Crippen molar-refractivity contribution in [1.29, 1.82) is 0 Å². The Bertz CT molecular complexity index is 462. The maximum absolute atomic E-state index is 11.4. The number of ether oxygens (including phenoxy) is 2. The number of phenols is 1. The third kappa shape index (κ3) is 2.47. The van der Waals surface area contributed by atoms with E-state index in [0.717, 1.165) is 12.0 Å². The Morgan fingerprint density at radius 2 is 2.29 bits per heavy atom. The highest BCUT2D eigenvalue weighted by Crippen LogP contribution is 2.30. The number of esters is 1. The minimum Gasteiger partial charge on any atom is -0.507 e. The molecule has 0 amide bonds. The molecule has 0 aliphatic carbocycles. The van der Waals surface area contributed by atoms with Crippen LogP contribution >= 0.6 is 0 Å². The summed E-state index contributed by atoms with van der Waals surface area (Å²) in [6.45, 7) is 1.17. The molecule has 1 aliphatic rings. The Morgan fingerprint density at radius 1 is 1.47 bits per heavy atom. The number of rotatable bonds is 2. The van der Waals surface area contributed by atoms with Crippen molar-refractivity contribution in [3.8, 4) is 5.75 Å². The van der Waals surface area contributed by atoms with Crippen LogP contribution in [0.4, 0.5) is 0 Å². The first kappa shape index (κ1) is 11.7. The van der Waals surface area contributed by atoms with Crippen molar-refractivity contribution in [2.75, 3.05) is 20.3 Å². The molecule has 1 heterocycles. The quantitative estimate of drug-likeness (QED) is 0.795. The molecule has 1 aromatic rings. The van der Waals surface area contributed by atoms with E-state index in [-0.39, 0.29) is 5.75 Å². The van der Waals surface area contributed by atoms with Gasteiger partial charge >= 0.3 is 5.97 Å². The number of hydrogen-bond acceptors (Lipinski definition) is 4. The third-order valence-corrected chi connectivity index (χ3v) is 2.73. The predicted molar refractivity (Wildman–Crippen MR) is 62.9 cm³/mol. The molecule has 2 rings (SSSR count). The summed E-state index contributed by atoms with van der Waals surface area (Å²) in [6, 6.07) is 4.71. The minimum atomic E-state index is -0.404. The fourth-order valence-corrected chi connectivity index (χ4v) is 1.81. The summed E-state index contributed by atoms with van der Waals surface area (Å²) >= 11 is 0. The Morgan fingerprint density at radius 3 is 2.94 bits per heavy atom. The molecule has 0 atom stereocenters. The van der Waals surface area contributed by atoms with Crippen LogP contribution in [0.2, 0.25) is 0 Å². The highest BCUT2D eigenvalue weighted by Gasteiger charge is 2.14. The third-order valence-electron chi connectivity index (χ3n) is 2.73. The summed E-state index contributed by atoms with van der Waals surface area (Å²) in [6.07, 6.45) is 2.65. The Labute approximate surface area is 99.5 Å². The van der Waals surface area contributed by atoms with Gasteiger partial charge in [-0.15, -0.1) is 0 Å². The fourth-order valence-electron chi connectivity index (χ4n) is 1.81. The molecule has 17 heavy (non-hydrogen) atoms. The molecule has 4 nitrogen and oxygen atoms in total. The first-order valence-corrected chi connectivity index (χ1v) is 5.41. The number of methoxy groups -OCH3 is 1. The molecule has 1 N–H and O–H groups in total. The van der Waals surface area contributed by atoms with Crippen molar-refractivity contribution in [1.82, 2.24) is 0 Å². The van der Waals surface area contributed by atoms with Gasteiger partial charge < -0.3 is 14.6 Å². The Kier molecular flexibility index (Phi) is 3.44. The average molecular weight is 234 g/mol. The molecule has 0 fully saturated rings. The van der Waals surface area contributed by atoms with Crippen LogP contribution in [0.5, 0.6) is 5.75 Å². The Hall–Kier alpha value is -1.81. The maximum Gasteiger partial charge on any atom is 0.337 e. The van der Waals surface area contributed by atoms with E-state index in [0.29, 0.717) is 24.3 Å². The van der Waals surface area contributed by atoms with Gasteiger partial charge in [-0.25, -0.2) is 4.79 Å². The second-order valence-corrected chi connectivity index (χ2v) is 3.78. The molecule has 1 aliphatic heterocycles. The van der Waals surface area contributed by atoms with Gasteiger partial charge in [-0.2, -0.15) is 0 Å². The molecular weight excluding hydrogens is 220 g/mol. The molecule has 0 aromatic heterocycles. The standard InChI is InChI=1S/C13H14O4/c1-16-13(15)10-2-3-12(14)11(8-10)9-4-6-17-7-5-9/h2-4,8,14H,5-7H2,1H3. The lowest BCUT2D eigenvalue weighted by atomic mass is 9.98. The number of carbonyl (C=O) groups is 1. The van der Waals surface area contributed by atoms with Gasteiger partial charge in [-0.05, 0) is 30.2 Å². The number of benzene rings is 1. The van der Waals surface area contributed by atoms with E-state index in [9.17, 15) is 9.90 Å². The second-order valence-electron chi connectivity index (χ2n) is 3.78. The molecule has 0 unspecified atom stereocenters. The highest BCUT2D eigenvalue weighted by molar-refractivity contribution is 5.91. The van der Waals surface area contributed by atoms with E-state index >= 15 is 0 Å². The largest absolute Gasteiger partial charge is 0.507 e. The predicted octanol–water partition coefficient (Wildman–Crippen LogP) is 1.98. The van der Waals surface area contributed by atoms with Gasteiger partial charge in [-0.3, -0.25) is 0 Å². The van der Waals surface area contributed by atoms with Crippen LogP contribution in [0.1, 0.15) is 22.3 Å². The van der Waals surface area contributed by atoms with Crippen molar-refractivity contribution in [2.45, 2.75) is 6.42 Å². The van der Waals surface area contributed by atoms with Crippen LogP contribution in [-0.4, -0.2) is 31.4 Å². The van der Waals surface area contributed by atoms with E-state index in [1.807, 2.05) is 6.08 Å². The molecule has 90 valence electrons. The lowest BCUT2D eigenvalue weighted by Crippen LogP contribution is -2.06. The van der Waals surface area contributed by atoms with Crippen LogP contribution in [0, 0.1) is 0 Å². The summed E-state index contributed by atoms with van der Waals surface area (Å²) < 4.78 is 9.86. The molecule has 0 saturated heterocycles. The zero-order valence-electron chi connectivity index (χ0n) is 9.60. The van der Waals surface area contributed by atoms with Crippen molar-refractivity contribution in [3.05, 3.63) is 35.4 Å². The summed E-state index contributed by atoms with van der Waals surface area (Å²) in [5.41, 5.74) is 2.11. The van der Waals surface area contributed by atoms with Crippen LogP contribution in [0.3, 0.4) is 0 Å². The van der Waals surface area contributed by atoms with Crippen LogP contribution < -0.4 is 0 Å². The van der Waals surface area contributed by atoms with Gasteiger partial charge in [0.15, 0.2) is 0 Å². The summed E-state index contributed by atoms with van der Waals surface area (Å²) in [4.78, 5) is 11.4. The lowest BCUT2D eigenvalue weighted by Gasteiger charge is -2.15. The van der Waals surface area contributed by atoms with E-state index < -0.39 is 5.97 Å². The lowest BCUT2D eigenvalue weighted by molar-refractivity contribution is 0.0600. The van der Waals surface area contributed by atoms with Gasteiger partial charge in [-0.1, -0.05) is 6.08 Å². The molecule has 0 saturated carbocycles. The van der Waals surface area contributed by atoms with Crippen molar-refractivity contribution < 1.29 is 19.4 Å². The van der Waals surface area contributed by atoms with Crippen LogP contribution in [0.25, 0.3) is 5.57 Å². The number of hydrogen-bond donors (Lipinski definition) is 1.